The smallest absolute Gasteiger partial charge is 0.126 e. The van der Waals surface area contributed by atoms with E-state index in [9.17, 15) is 27.8 Å². The number of aliphatic hydroxyl groups is 2. The van der Waals surface area contributed by atoms with Gasteiger partial charge in [0.15, 0.2) is 0 Å². The molecule has 0 amide bonds. The Balaban J connectivity index is 1.63. The maximum absolute atomic E-state index is 13.3. The number of hydrogen-bond acceptors (Lipinski definition) is 5. The second kappa shape index (κ2) is 9.84. The van der Waals surface area contributed by atoms with Crippen LogP contribution in [0, 0.1) is 23.3 Å². The lowest BCUT2D eigenvalue weighted by atomic mass is 10.0. The van der Waals surface area contributed by atoms with Crippen molar-refractivity contribution in [3.63, 3.8) is 0 Å². The van der Waals surface area contributed by atoms with Gasteiger partial charge in [0.05, 0.1) is 25.4 Å². The molecule has 30 heavy (non-hydrogen) atoms. The van der Waals surface area contributed by atoms with Crippen LogP contribution in [0.2, 0.25) is 0 Å². The molecular weight excluding hydrogens is 406 g/mol. The minimum absolute atomic E-state index is 0.162. The van der Waals surface area contributed by atoms with Crippen LogP contribution in [0.1, 0.15) is 11.1 Å². The quantitative estimate of drug-likeness (QED) is 0.691. The van der Waals surface area contributed by atoms with Crippen molar-refractivity contribution in [2.75, 3.05) is 20.1 Å². The Labute approximate surface area is 171 Å². The normalized spacial score (nSPS) is 25.3. The summed E-state index contributed by atoms with van der Waals surface area (Å²) in [6, 6.07) is 5.97. The van der Waals surface area contributed by atoms with E-state index >= 15 is 0 Å². The Morgan fingerprint density at radius 2 is 1.07 bits per heavy atom. The van der Waals surface area contributed by atoms with Crippen LogP contribution in [0.15, 0.2) is 36.4 Å². The van der Waals surface area contributed by atoms with Crippen LogP contribution in [0.4, 0.5) is 17.6 Å². The Bertz CT molecular complexity index is 759. The second-order valence-electron chi connectivity index (χ2n) is 7.46. The monoisotopic (exact) mass is 429 g/mol. The highest BCUT2D eigenvalue weighted by Crippen LogP contribution is 2.21. The van der Waals surface area contributed by atoms with Crippen molar-refractivity contribution in [2.24, 2.45) is 0 Å². The third kappa shape index (κ3) is 5.99. The Morgan fingerprint density at radius 1 is 0.733 bits per heavy atom. The zero-order chi connectivity index (χ0) is 21.8. The van der Waals surface area contributed by atoms with E-state index in [4.69, 9.17) is 9.47 Å². The van der Waals surface area contributed by atoms with E-state index in [-0.39, 0.29) is 37.4 Å². The molecule has 2 N–H and O–H groups in total. The zero-order valence-electron chi connectivity index (χ0n) is 16.3. The van der Waals surface area contributed by atoms with Crippen LogP contribution in [0.5, 0.6) is 0 Å². The Hall–Kier alpha value is -2.04. The fraction of sp³-hybridized carbons (Fsp3) is 0.429. The highest BCUT2D eigenvalue weighted by Gasteiger charge is 2.38. The van der Waals surface area contributed by atoms with E-state index < -0.39 is 47.7 Å². The van der Waals surface area contributed by atoms with Crippen molar-refractivity contribution in [1.29, 1.82) is 0 Å². The number of hydrogen-bond donors (Lipinski definition) is 2. The third-order valence-corrected chi connectivity index (χ3v) is 4.87. The first kappa shape index (κ1) is 22.6. The van der Waals surface area contributed by atoms with Gasteiger partial charge in [0, 0.05) is 25.2 Å². The molecule has 0 saturated carbocycles. The summed E-state index contributed by atoms with van der Waals surface area (Å²) in [5.74, 6) is -2.97. The number of benzene rings is 2. The molecule has 0 radical (unpaired) electrons. The average molecular weight is 429 g/mol. The molecule has 2 aromatic carbocycles. The van der Waals surface area contributed by atoms with Crippen molar-refractivity contribution < 1.29 is 37.2 Å². The van der Waals surface area contributed by atoms with Crippen molar-refractivity contribution in [2.45, 2.75) is 37.6 Å². The van der Waals surface area contributed by atoms with Gasteiger partial charge < -0.3 is 24.6 Å². The molecule has 1 fully saturated rings. The van der Waals surface area contributed by atoms with E-state index in [0.29, 0.717) is 0 Å². The summed E-state index contributed by atoms with van der Waals surface area (Å²) in [4.78, 5) is 1.76. The maximum atomic E-state index is 13.3. The van der Waals surface area contributed by atoms with E-state index in [1.165, 1.54) is 0 Å². The summed E-state index contributed by atoms with van der Waals surface area (Å²) >= 11 is 0. The van der Waals surface area contributed by atoms with Crippen LogP contribution in [0.25, 0.3) is 0 Å². The molecule has 0 aromatic heterocycles. The average Bonchev–Trinajstić information content (AvgIpc) is 2.75. The van der Waals surface area contributed by atoms with Gasteiger partial charge in [-0.2, -0.15) is 0 Å². The van der Waals surface area contributed by atoms with Gasteiger partial charge in [0.25, 0.3) is 0 Å². The molecule has 4 atom stereocenters. The summed E-state index contributed by atoms with van der Waals surface area (Å²) < 4.78 is 64.5. The summed E-state index contributed by atoms with van der Waals surface area (Å²) in [6.45, 7) is 0.130. The summed E-state index contributed by atoms with van der Waals surface area (Å²) in [5, 5.41) is 21.1. The van der Waals surface area contributed by atoms with Gasteiger partial charge in [0.2, 0.25) is 0 Å². The number of likely N-dealkylation sites (N-methyl/N-ethyl adjacent to an activating group) is 1. The van der Waals surface area contributed by atoms with Crippen LogP contribution >= 0.6 is 0 Å². The zero-order valence-corrected chi connectivity index (χ0v) is 16.3. The minimum atomic E-state index is -1.34. The van der Waals surface area contributed by atoms with Crippen LogP contribution in [-0.2, 0) is 22.7 Å². The number of halogens is 4. The Kier molecular flexibility index (Phi) is 7.43. The fourth-order valence-electron chi connectivity index (χ4n) is 3.44. The fourth-order valence-corrected chi connectivity index (χ4v) is 3.44. The molecule has 9 heteroatoms. The molecule has 0 spiro atoms. The molecule has 0 unspecified atom stereocenters. The lowest BCUT2D eigenvalue weighted by molar-refractivity contribution is -0.128. The predicted molar refractivity (Wildman–Crippen MR) is 99.4 cm³/mol. The van der Waals surface area contributed by atoms with Gasteiger partial charge in [-0.05, 0) is 42.4 Å². The lowest BCUT2D eigenvalue weighted by Crippen LogP contribution is -2.45. The standard InChI is InChI=1S/C21H23F4NO4/c1-26-8-18(29-10-12-2-14(22)6-15(23)3-12)20(27)21(28)19(9-26)30-11-13-4-16(24)7-17(25)5-13/h2-7,18-21,27-28H,8-11H2,1H3/t18-,19-,20-,21-/m0/s1. The van der Waals surface area contributed by atoms with Gasteiger partial charge >= 0.3 is 0 Å². The van der Waals surface area contributed by atoms with Crippen LogP contribution < -0.4 is 0 Å². The molecule has 164 valence electrons. The predicted octanol–water partition coefficient (Wildman–Crippen LogP) is 2.38. The summed E-state index contributed by atoms with van der Waals surface area (Å²) in [6.07, 6.45) is -4.39. The van der Waals surface area contributed by atoms with Crippen molar-refractivity contribution in [3.8, 4) is 0 Å². The minimum Gasteiger partial charge on any atom is -0.388 e. The molecule has 0 aliphatic carbocycles. The van der Waals surface area contributed by atoms with Gasteiger partial charge in [-0.1, -0.05) is 0 Å². The molecule has 1 saturated heterocycles. The van der Waals surface area contributed by atoms with Crippen molar-refractivity contribution >= 4 is 0 Å². The van der Waals surface area contributed by atoms with E-state index in [1.54, 1.807) is 11.9 Å². The molecule has 3 rings (SSSR count). The SMILES string of the molecule is CN1C[C@H](OCc2cc(F)cc(F)c2)[C@H](O)[C@@H](O)[C@@H](OCc2cc(F)cc(F)c2)C1. The largest absolute Gasteiger partial charge is 0.388 e. The maximum Gasteiger partial charge on any atom is 0.126 e. The van der Waals surface area contributed by atoms with Gasteiger partial charge in [-0.15, -0.1) is 0 Å². The molecule has 1 heterocycles. The van der Waals surface area contributed by atoms with E-state index in [0.717, 1.165) is 36.4 Å². The number of nitrogens with zero attached hydrogens (tertiary/aromatic N) is 1. The summed E-state index contributed by atoms with van der Waals surface area (Å²) in [5.41, 5.74) is 0.504. The van der Waals surface area contributed by atoms with Gasteiger partial charge in [-0.3, -0.25) is 0 Å². The second-order valence-corrected chi connectivity index (χ2v) is 7.46. The van der Waals surface area contributed by atoms with Crippen LogP contribution in [0.3, 0.4) is 0 Å². The topological polar surface area (TPSA) is 62.2 Å². The highest BCUT2D eigenvalue weighted by atomic mass is 19.1. The first-order valence-electron chi connectivity index (χ1n) is 9.39. The van der Waals surface area contributed by atoms with Crippen molar-refractivity contribution in [1.82, 2.24) is 4.90 Å². The number of rotatable bonds is 6. The molecule has 5 nitrogen and oxygen atoms in total. The number of aliphatic hydroxyl groups excluding tert-OH is 2. The first-order chi connectivity index (χ1) is 14.2. The lowest BCUT2D eigenvalue weighted by Gasteiger charge is -2.27. The van der Waals surface area contributed by atoms with E-state index in [1.807, 2.05) is 0 Å². The van der Waals surface area contributed by atoms with E-state index in [2.05, 4.69) is 0 Å². The molecular formula is C21H23F4NO4. The molecule has 0 bridgehead atoms. The van der Waals surface area contributed by atoms with Crippen LogP contribution in [-0.4, -0.2) is 59.7 Å². The number of ether oxygens (including phenoxy) is 2. The molecule has 1 aliphatic rings. The van der Waals surface area contributed by atoms with Gasteiger partial charge in [-0.25, -0.2) is 17.6 Å². The molecule has 2 aromatic rings. The van der Waals surface area contributed by atoms with Gasteiger partial charge in [0.1, 0.15) is 35.5 Å². The Morgan fingerprint density at radius 3 is 1.40 bits per heavy atom. The summed E-state index contributed by atoms with van der Waals surface area (Å²) in [7, 11) is 1.72. The third-order valence-electron chi connectivity index (χ3n) is 4.87. The highest BCUT2D eigenvalue weighted by molar-refractivity contribution is 5.18. The number of likely N-dealkylation sites (tertiary alicyclic amines) is 1. The molecule has 1 aliphatic heterocycles. The first-order valence-corrected chi connectivity index (χ1v) is 9.39. The van der Waals surface area contributed by atoms with Crippen molar-refractivity contribution in [3.05, 3.63) is 70.8 Å².